The van der Waals surface area contributed by atoms with Crippen LogP contribution in [0.25, 0.3) is 0 Å². The first-order chi connectivity index (χ1) is 11.2. The van der Waals surface area contributed by atoms with E-state index in [1.54, 1.807) is 18.2 Å². The largest absolute Gasteiger partial charge is 0.508 e. The number of benzene rings is 2. The third-order valence-corrected chi connectivity index (χ3v) is 3.86. The zero-order valence-corrected chi connectivity index (χ0v) is 12.8. The summed E-state index contributed by atoms with van der Waals surface area (Å²) >= 11 is 0. The van der Waals surface area contributed by atoms with Crippen molar-refractivity contribution in [2.45, 2.75) is 12.6 Å². The van der Waals surface area contributed by atoms with Gasteiger partial charge in [-0.1, -0.05) is 18.2 Å². The van der Waals surface area contributed by atoms with Crippen LogP contribution in [0, 0.1) is 5.82 Å². The van der Waals surface area contributed by atoms with Gasteiger partial charge in [-0.2, -0.15) is 0 Å². The number of hydrogen-bond donors (Lipinski definition) is 1. The fraction of sp³-hybridized carbons (Fsp3) is 0.333. The Kier molecular flexibility index (Phi) is 5.10. The van der Waals surface area contributed by atoms with E-state index >= 15 is 0 Å². The van der Waals surface area contributed by atoms with E-state index in [-0.39, 0.29) is 11.9 Å². The van der Waals surface area contributed by atoms with Crippen molar-refractivity contribution < 1.29 is 19.0 Å². The minimum absolute atomic E-state index is 0.0420. The molecule has 5 heteroatoms. The zero-order valence-electron chi connectivity index (χ0n) is 12.8. The lowest BCUT2D eigenvalue weighted by atomic mass is 10.1. The summed E-state index contributed by atoms with van der Waals surface area (Å²) in [4.78, 5) is 2.23. The van der Waals surface area contributed by atoms with Crippen molar-refractivity contribution in [1.29, 1.82) is 0 Å². The Morgan fingerprint density at radius 1 is 1.17 bits per heavy atom. The molecule has 1 atom stereocenters. The van der Waals surface area contributed by atoms with Gasteiger partial charge in [-0.25, -0.2) is 4.39 Å². The number of hydrogen-bond acceptors (Lipinski definition) is 4. The molecule has 1 saturated heterocycles. The molecule has 2 aromatic carbocycles. The lowest BCUT2D eigenvalue weighted by Gasteiger charge is -2.32. The normalized spacial score (nSPS) is 18.7. The molecule has 23 heavy (non-hydrogen) atoms. The van der Waals surface area contributed by atoms with E-state index in [4.69, 9.17) is 9.47 Å². The summed E-state index contributed by atoms with van der Waals surface area (Å²) in [7, 11) is 0. The number of ether oxygens (including phenoxy) is 2. The summed E-state index contributed by atoms with van der Waals surface area (Å²) in [5, 5.41) is 9.87. The van der Waals surface area contributed by atoms with Crippen LogP contribution in [-0.4, -0.2) is 42.4 Å². The third-order valence-electron chi connectivity index (χ3n) is 3.86. The maximum absolute atomic E-state index is 12.9. The fourth-order valence-corrected chi connectivity index (χ4v) is 2.63. The first kappa shape index (κ1) is 15.8. The molecular weight excluding hydrogens is 297 g/mol. The molecule has 122 valence electrons. The number of para-hydroxylation sites is 1. The SMILES string of the molecule is Oc1ccccc1CN1CCOC(COc2ccc(F)cc2)C1. The lowest BCUT2D eigenvalue weighted by Crippen LogP contribution is -2.44. The van der Waals surface area contributed by atoms with Crippen molar-refractivity contribution in [2.24, 2.45) is 0 Å². The molecule has 4 nitrogen and oxygen atoms in total. The smallest absolute Gasteiger partial charge is 0.123 e. The number of phenols is 1. The van der Waals surface area contributed by atoms with Crippen molar-refractivity contribution in [3.63, 3.8) is 0 Å². The molecule has 0 aromatic heterocycles. The Morgan fingerprint density at radius 2 is 1.96 bits per heavy atom. The Balaban J connectivity index is 1.52. The number of aromatic hydroxyl groups is 1. The van der Waals surface area contributed by atoms with Crippen molar-refractivity contribution in [3.05, 3.63) is 59.9 Å². The topological polar surface area (TPSA) is 41.9 Å². The van der Waals surface area contributed by atoms with Gasteiger partial charge in [0.2, 0.25) is 0 Å². The summed E-state index contributed by atoms with van der Waals surface area (Å²) in [6, 6.07) is 13.3. The van der Waals surface area contributed by atoms with E-state index in [9.17, 15) is 9.50 Å². The first-order valence-electron chi connectivity index (χ1n) is 7.70. The number of nitrogens with zero attached hydrogens (tertiary/aromatic N) is 1. The van der Waals surface area contributed by atoms with Crippen LogP contribution < -0.4 is 4.74 Å². The van der Waals surface area contributed by atoms with Crippen LogP contribution >= 0.6 is 0 Å². The monoisotopic (exact) mass is 317 g/mol. The summed E-state index contributed by atoms with van der Waals surface area (Å²) in [6.07, 6.45) is -0.0420. The van der Waals surface area contributed by atoms with Crippen molar-refractivity contribution in [1.82, 2.24) is 4.90 Å². The molecule has 1 aliphatic rings. The van der Waals surface area contributed by atoms with Gasteiger partial charge in [-0.3, -0.25) is 4.90 Å². The summed E-state index contributed by atoms with van der Waals surface area (Å²) in [5.74, 6) is 0.672. The molecule has 0 aliphatic carbocycles. The molecule has 1 aliphatic heterocycles. The van der Waals surface area contributed by atoms with Crippen LogP contribution in [0.5, 0.6) is 11.5 Å². The average molecular weight is 317 g/mol. The lowest BCUT2D eigenvalue weighted by molar-refractivity contribution is -0.0505. The van der Waals surface area contributed by atoms with Crippen LogP contribution in [0.2, 0.25) is 0 Å². The zero-order chi connectivity index (χ0) is 16.1. The van der Waals surface area contributed by atoms with Gasteiger partial charge in [-0.15, -0.1) is 0 Å². The number of halogens is 1. The van der Waals surface area contributed by atoms with Gasteiger partial charge in [0.1, 0.15) is 30.0 Å². The van der Waals surface area contributed by atoms with Crippen LogP contribution in [0.15, 0.2) is 48.5 Å². The fourth-order valence-electron chi connectivity index (χ4n) is 2.63. The highest BCUT2D eigenvalue weighted by molar-refractivity contribution is 5.31. The Bertz CT molecular complexity index is 632. The number of rotatable bonds is 5. The molecule has 1 fully saturated rings. The second kappa shape index (κ2) is 7.44. The van der Waals surface area contributed by atoms with E-state index < -0.39 is 0 Å². The molecule has 0 spiro atoms. The molecule has 0 bridgehead atoms. The molecular formula is C18H20FNO3. The molecule has 1 N–H and O–H groups in total. The van der Waals surface area contributed by atoms with Gasteiger partial charge in [0.25, 0.3) is 0 Å². The number of phenolic OH excluding ortho intramolecular Hbond substituents is 1. The minimum Gasteiger partial charge on any atom is -0.508 e. The predicted molar refractivity (Wildman–Crippen MR) is 85.0 cm³/mol. The van der Waals surface area contributed by atoms with Crippen molar-refractivity contribution in [3.8, 4) is 11.5 Å². The summed E-state index contributed by atoms with van der Waals surface area (Å²) in [6.45, 7) is 3.29. The molecule has 0 saturated carbocycles. The van der Waals surface area contributed by atoms with Crippen molar-refractivity contribution in [2.75, 3.05) is 26.3 Å². The Hall–Kier alpha value is -2.11. The van der Waals surface area contributed by atoms with Gasteiger partial charge in [0, 0.05) is 25.2 Å². The van der Waals surface area contributed by atoms with Crippen molar-refractivity contribution >= 4 is 0 Å². The minimum atomic E-state index is -0.278. The van der Waals surface area contributed by atoms with Crippen LogP contribution in [-0.2, 0) is 11.3 Å². The van der Waals surface area contributed by atoms with Gasteiger partial charge in [0.05, 0.1) is 6.61 Å². The van der Waals surface area contributed by atoms with E-state index in [1.165, 1.54) is 12.1 Å². The molecule has 3 rings (SSSR count). The van der Waals surface area contributed by atoms with Crippen LogP contribution in [0.4, 0.5) is 4.39 Å². The average Bonchev–Trinajstić information content (AvgIpc) is 2.57. The van der Waals surface area contributed by atoms with Gasteiger partial charge in [0.15, 0.2) is 0 Å². The Labute approximate surface area is 135 Å². The van der Waals surface area contributed by atoms with E-state index in [1.807, 2.05) is 18.2 Å². The van der Waals surface area contributed by atoms with E-state index in [0.29, 0.717) is 31.3 Å². The van der Waals surface area contributed by atoms with Crippen LogP contribution in [0.3, 0.4) is 0 Å². The van der Waals surface area contributed by atoms with Gasteiger partial charge in [-0.05, 0) is 30.3 Å². The molecule has 2 aromatic rings. The molecule has 0 radical (unpaired) electrons. The third kappa shape index (κ3) is 4.43. The number of morpholine rings is 1. The highest BCUT2D eigenvalue weighted by Crippen LogP contribution is 2.19. The van der Waals surface area contributed by atoms with E-state index in [0.717, 1.165) is 18.7 Å². The maximum atomic E-state index is 12.9. The molecule has 1 unspecified atom stereocenters. The molecule has 0 amide bonds. The second-order valence-corrected chi connectivity index (χ2v) is 5.62. The van der Waals surface area contributed by atoms with Gasteiger partial charge < -0.3 is 14.6 Å². The highest BCUT2D eigenvalue weighted by atomic mass is 19.1. The highest BCUT2D eigenvalue weighted by Gasteiger charge is 2.21. The standard InChI is InChI=1S/C18H20FNO3/c19-15-5-7-16(8-6-15)23-13-17-12-20(9-10-22-17)11-14-3-1-2-4-18(14)21/h1-8,17,21H,9-13H2. The summed E-state index contributed by atoms with van der Waals surface area (Å²) in [5.41, 5.74) is 0.910. The maximum Gasteiger partial charge on any atom is 0.123 e. The van der Waals surface area contributed by atoms with Crippen LogP contribution in [0.1, 0.15) is 5.56 Å². The second-order valence-electron chi connectivity index (χ2n) is 5.62. The van der Waals surface area contributed by atoms with E-state index in [2.05, 4.69) is 4.90 Å². The van der Waals surface area contributed by atoms with Gasteiger partial charge >= 0.3 is 0 Å². The predicted octanol–water partition coefficient (Wildman–Crippen LogP) is 2.81. The first-order valence-corrected chi connectivity index (χ1v) is 7.70. The Morgan fingerprint density at radius 3 is 2.74 bits per heavy atom. The molecule has 1 heterocycles. The summed E-state index contributed by atoms with van der Waals surface area (Å²) < 4.78 is 24.2. The quantitative estimate of drug-likeness (QED) is 0.921.